The Balaban J connectivity index is 1.81. The van der Waals surface area contributed by atoms with E-state index in [2.05, 4.69) is 17.1 Å². The van der Waals surface area contributed by atoms with Crippen LogP contribution in [0.2, 0.25) is 0 Å². The molecule has 2 fully saturated rings. The van der Waals surface area contributed by atoms with E-state index in [-0.39, 0.29) is 17.9 Å². The number of likely N-dealkylation sites (tertiary alicyclic amines) is 1. The molecule has 1 heterocycles. The number of carbonyl (C=O) groups excluding carboxylic acids is 1. The van der Waals surface area contributed by atoms with E-state index in [9.17, 15) is 9.59 Å². The van der Waals surface area contributed by atoms with Gasteiger partial charge in [-0.15, -0.1) is 0 Å². The van der Waals surface area contributed by atoms with Gasteiger partial charge in [0, 0.05) is 19.1 Å². The van der Waals surface area contributed by atoms with Crippen molar-refractivity contribution in [1.29, 1.82) is 0 Å². The number of carboxylic acids is 1. The molecule has 5 heteroatoms. The monoisotopic (exact) mass is 282 g/mol. The molecule has 0 spiro atoms. The smallest absolute Gasteiger partial charge is 0.307 e. The maximum atomic E-state index is 12.2. The van der Waals surface area contributed by atoms with Gasteiger partial charge in [0.25, 0.3) is 0 Å². The number of rotatable bonds is 5. The number of carboxylic acid groups (broad SMARTS) is 1. The summed E-state index contributed by atoms with van der Waals surface area (Å²) in [6, 6.07) is 0.210. The van der Waals surface area contributed by atoms with Crippen LogP contribution in [-0.2, 0) is 9.59 Å². The van der Waals surface area contributed by atoms with Crippen LogP contribution in [0.25, 0.3) is 0 Å². The van der Waals surface area contributed by atoms with Gasteiger partial charge in [-0.1, -0.05) is 20.8 Å². The first-order chi connectivity index (χ1) is 9.37. The van der Waals surface area contributed by atoms with Gasteiger partial charge in [-0.2, -0.15) is 0 Å². The van der Waals surface area contributed by atoms with Gasteiger partial charge in [-0.25, -0.2) is 0 Å². The molecule has 2 atom stereocenters. The minimum absolute atomic E-state index is 0.0728. The summed E-state index contributed by atoms with van der Waals surface area (Å²) in [4.78, 5) is 25.8. The number of piperidine rings is 1. The molecule has 20 heavy (non-hydrogen) atoms. The van der Waals surface area contributed by atoms with Gasteiger partial charge in [-0.3, -0.25) is 9.59 Å². The topological polar surface area (TPSA) is 69.6 Å². The van der Waals surface area contributed by atoms with E-state index in [4.69, 9.17) is 5.11 Å². The molecule has 0 radical (unpaired) electrons. The molecule has 1 saturated carbocycles. The van der Waals surface area contributed by atoms with Gasteiger partial charge in [0.2, 0.25) is 5.91 Å². The van der Waals surface area contributed by atoms with Crippen LogP contribution in [0.3, 0.4) is 0 Å². The van der Waals surface area contributed by atoms with Gasteiger partial charge < -0.3 is 15.3 Å². The quantitative estimate of drug-likeness (QED) is 0.798. The molecule has 114 valence electrons. The van der Waals surface area contributed by atoms with E-state index in [0.717, 1.165) is 38.9 Å². The Kier molecular flexibility index (Phi) is 4.37. The summed E-state index contributed by atoms with van der Waals surface area (Å²) in [5, 5.41) is 12.2. The summed E-state index contributed by atoms with van der Waals surface area (Å²) in [7, 11) is 0. The zero-order chi connectivity index (χ0) is 14.9. The predicted molar refractivity (Wildman–Crippen MR) is 76.3 cm³/mol. The molecule has 0 aromatic rings. The van der Waals surface area contributed by atoms with Crippen LogP contribution in [-0.4, -0.2) is 47.6 Å². The average Bonchev–Trinajstić information content (AvgIpc) is 2.95. The molecule has 1 saturated heterocycles. The summed E-state index contributed by atoms with van der Waals surface area (Å²) in [5.41, 5.74) is -0.404. The molecular formula is C15H26N2O3. The molecule has 0 aromatic carbocycles. The Labute approximate surface area is 120 Å². The zero-order valence-corrected chi connectivity index (χ0v) is 12.7. The molecule has 1 aliphatic carbocycles. The lowest BCUT2D eigenvalue weighted by atomic mass is 10.0. The standard InChI is InChI=1S/C15H26N2O3/c1-4-7-17-8-5-10(6-9-17)16-13(18)11-12(14(19)20)15(11,2)3/h10-12H,4-9H2,1-3H3,(H,16,18)(H,19,20). The minimum Gasteiger partial charge on any atom is -0.481 e. The van der Waals surface area contributed by atoms with Crippen molar-refractivity contribution < 1.29 is 14.7 Å². The molecule has 0 aromatic heterocycles. The second-order valence-electron chi connectivity index (χ2n) is 6.74. The first-order valence-corrected chi connectivity index (χ1v) is 7.63. The number of nitrogens with zero attached hydrogens (tertiary/aromatic N) is 1. The Morgan fingerprint density at radius 3 is 2.30 bits per heavy atom. The first-order valence-electron chi connectivity index (χ1n) is 7.63. The van der Waals surface area contributed by atoms with Crippen molar-refractivity contribution in [3.63, 3.8) is 0 Å². The highest BCUT2D eigenvalue weighted by atomic mass is 16.4. The van der Waals surface area contributed by atoms with E-state index in [1.165, 1.54) is 0 Å². The first kappa shape index (κ1) is 15.3. The Hall–Kier alpha value is -1.10. The summed E-state index contributed by atoms with van der Waals surface area (Å²) >= 11 is 0. The third kappa shape index (κ3) is 2.97. The third-order valence-electron chi connectivity index (χ3n) is 4.85. The molecule has 5 nitrogen and oxygen atoms in total. The highest BCUT2D eigenvalue weighted by molar-refractivity contribution is 5.91. The Morgan fingerprint density at radius 2 is 1.85 bits per heavy atom. The number of hydrogen-bond donors (Lipinski definition) is 2. The number of amides is 1. The third-order valence-corrected chi connectivity index (χ3v) is 4.85. The van der Waals surface area contributed by atoms with E-state index in [1.54, 1.807) is 0 Å². The minimum atomic E-state index is -0.854. The normalized spacial score (nSPS) is 29.9. The predicted octanol–water partition coefficient (Wildman–Crippen LogP) is 1.33. The lowest BCUT2D eigenvalue weighted by molar-refractivity contribution is -0.140. The fourth-order valence-corrected chi connectivity index (χ4v) is 3.50. The second-order valence-corrected chi connectivity index (χ2v) is 6.74. The van der Waals surface area contributed by atoms with Gasteiger partial charge in [0.05, 0.1) is 11.8 Å². The van der Waals surface area contributed by atoms with Gasteiger partial charge in [0.15, 0.2) is 0 Å². The average molecular weight is 282 g/mol. The van der Waals surface area contributed by atoms with E-state index in [0.29, 0.717) is 0 Å². The SMILES string of the molecule is CCCN1CCC(NC(=O)C2C(C(=O)O)C2(C)C)CC1. The number of nitrogens with one attached hydrogen (secondary N) is 1. The van der Waals surface area contributed by atoms with Crippen molar-refractivity contribution in [2.75, 3.05) is 19.6 Å². The fourth-order valence-electron chi connectivity index (χ4n) is 3.50. The highest BCUT2D eigenvalue weighted by Crippen LogP contribution is 2.58. The summed E-state index contributed by atoms with van der Waals surface area (Å²) in [6.07, 6.45) is 3.10. The number of aliphatic carboxylic acids is 1. The number of hydrogen-bond acceptors (Lipinski definition) is 3. The second kappa shape index (κ2) is 5.72. The van der Waals surface area contributed by atoms with Crippen LogP contribution in [0.15, 0.2) is 0 Å². The van der Waals surface area contributed by atoms with E-state index in [1.807, 2.05) is 13.8 Å². The van der Waals surface area contributed by atoms with E-state index < -0.39 is 17.3 Å². The van der Waals surface area contributed by atoms with Gasteiger partial charge >= 0.3 is 5.97 Å². The van der Waals surface area contributed by atoms with Crippen molar-refractivity contribution in [2.24, 2.45) is 17.3 Å². The van der Waals surface area contributed by atoms with Crippen molar-refractivity contribution in [3.8, 4) is 0 Å². The largest absolute Gasteiger partial charge is 0.481 e. The van der Waals surface area contributed by atoms with Crippen LogP contribution in [0.5, 0.6) is 0 Å². The van der Waals surface area contributed by atoms with Crippen molar-refractivity contribution in [2.45, 2.75) is 46.1 Å². The summed E-state index contributed by atoms with van der Waals surface area (Å²) in [5.74, 6) is -1.82. The molecule has 2 N–H and O–H groups in total. The zero-order valence-electron chi connectivity index (χ0n) is 12.7. The molecule has 2 rings (SSSR count). The highest BCUT2D eigenvalue weighted by Gasteiger charge is 2.65. The fraction of sp³-hybridized carbons (Fsp3) is 0.867. The van der Waals surface area contributed by atoms with Crippen LogP contribution < -0.4 is 5.32 Å². The summed E-state index contributed by atoms with van der Waals surface area (Å²) in [6.45, 7) is 9.07. The lowest BCUT2D eigenvalue weighted by Gasteiger charge is -2.32. The molecule has 0 bridgehead atoms. The van der Waals surface area contributed by atoms with Crippen molar-refractivity contribution >= 4 is 11.9 Å². The maximum Gasteiger partial charge on any atom is 0.307 e. The van der Waals surface area contributed by atoms with Crippen LogP contribution in [0.4, 0.5) is 0 Å². The van der Waals surface area contributed by atoms with Gasteiger partial charge in [-0.05, 0) is 31.2 Å². The molecule has 1 amide bonds. The van der Waals surface area contributed by atoms with Crippen molar-refractivity contribution in [3.05, 3.63) is 0 Å². The van der Waals surface area contributed by atoms with Crippen LogP contribution in [0, 0.1) is 17.3 Å². The van der Waals surface area contributed by atoms with Gasteiger partial charge in [0.1, 0.15) is 0 Å². The molecule has 2 aliphatic rings. The van der Waals surface area contributed by atoms with Crippen LogP contribution >= 0.6 is 0 Å². The summed E-state index contributed by atoms with van der Waals surface area (Å²) < 4.78 is 0. The lowest BCUT2D eigenvalue weighted by Crippen LogP contribution is -2.45. The molecule has 1 aliphatic heterocycles. The van der Waals surface area contributed by atoms with Crippen LogP contribution in [0.1, 0.15) is 40.0 Å². The molecule has 2 unspecified atom stereocenters. The Bertz CT molecular complexity index is 387. The number of carbonyl (C=O) groups is 2. The Morgan fingerprint density at radius 1 is 1.25 bits per heavy atom. The maximum absolute atomic E-state index is 12.2. The van der Waals surface area contributed by atoms with E-state index >= 15 is 0 Å². The van der Waals surface area contributed by atoms with Crippen molar-refractivity contribution in [1.82, 2.24) is 10.2 Å². The molecular weight excluding hydrogens is 256 g/mol.